The smallest absolute Gasteiger partial charge is 0.248 e. The molecule has 0 saturated heterocycles. The summed E-state index contributed by atoms with van der Waals surface area (Å²) >= 11 is 2.18. The Morgan fingerprint density at radius 1 is 1.36 bits per heavy atom. The van der Waals surface area contributed by atoms with Gasteiger partial charge in [0.05, 0.1) is 12.1 Å². The van der Waals surface area contributed by atoms with E-state index in [1.54, 1.807) is 25.1 Å². The molecular formula is C16H16INO3S. The Kier molecular flexibility index (Phi) is 3.94. The van der Waals surface area contributed by atoms with Gasteiger partial charge in [-0.3, -0.25) is 0 Å². The summed E-state index contributed by atoms with van der Waals surface area (Å²) in [7, 11) is -3.63. The lowest BCUT2D eigenvalue weighted by atomic mass is 10.0. The number of allylic oxidation sites excluding steroid dienone is 3. The van der Waals surface area contributed by atoms with Gasteiger partial charge < -0.3 is 5.11 Å². The first-order valence-electron chi connectivity index (χ1n) is 6.89. The van der Waals surface area contributed by atoms with E-state index in [0.717, 1.165) is 8.97 Å². The summed E-state index contributed by atoms with van der Waals surface area (Å²) in [4.78, 5) is 0. The largest absolute Gasteiger partial charge is 0.392 e. The van der Waals surface area contributed by atoms with E-state index in [2.05, 4.69) is 22.6 Å². The minimum Gasteiger partial charge on any atom is -0.392 e. The molecule has 1 N–H and O–H groups in total. The summed E-state index contributed by atoms with van der Waals surface area (Å²) in [6.45, 7) is 1.54. The molecule has 22 heavy (non-hydrogen) atoms. The zero-order valence-electron chi connectivity index (χ0n) is 12.0. The van der Waals surface area contributed by atoms with E-state index in [9.17, 15) is 13.5 Å². The number of aromatic nitrogens is 1. The van der Waals surface area contributed by atoms with Crippen molar-refractivity contribution in [2.24, 2.45) is 0 Å². The van der Waals surface area contributed by atoms with Gasteiger partial charge in [0, 0.05) is 20.7 Å². The average Bonchev–Trinajstić information content (AvgIpc) is 2.89. The van der Waals surface area contributed by atoms with Crippen LogP contribution in [0.15, 0.2) is 52.3 Å². The van der Waals surface area contributed by atoms with Crippen molar-refractivity contribution < 1.29 is 13.5 Å². The molecule has 1 unspecified atom stereocenters. The van der Waals surface area contributed by atoms with Crippen LogP contribution in [-0.2, 0) is 16.6 Å². The molecule has 6 heteroatoms. The van der Waals surface area contributed by atoms with Gasteiger partial charge in [0.25, 0.3) is 0 Å². The Labute approximate surface area is 143 Å². The van der Waals surface area contributed by atoms with E-state index in [4.69, 9.17) is 0 Å². The second-order valence-corrected chi connectivity index (χ2v) is 9.09. The number of hydrogen-bond acceptors (Lipinski definition) is 3. The Hall–Kier alpha value is -1.12. The van der Waals surface area contributed by atoms with Crippen molar-refractivity contribution in [2.75, 3.05) is 0 Å². The number of para-hydroxylation sites is 1. The second kappa shape index (κ2) is 5.50. The van der Waals surface area contributed by atoms with Crippen molar-refractivity contribution >= 4 is 43.5 Å². The predicted molar refractivity (Wildman–Crippen MR) is 96.4 cm³/mol. The molecule has 4 nitrogen and oxygen atoms in total. The Morgan fingerprint density at radius 3 is 2.73 bits per heavy atom. The van der Waals surface area contributed by atoms with Gasteiger partial charge in [-0.05, 0) is 42.0 Å². The highest BCUT2D eigenvalue weighted by molar-refractivity contribution is 14.1. The number of aliphatic hydroxyl groups is 1. The lowest BCUT2D eigenvalue weighted by Gasteiger charge is -2.27. The normalized spacial score (nSPS) is 22.0. The van der Waals surface area contributed by atoms with Crippen molar-refractivity contribution in [1.82, 2.24) is 3.97 Å². The molecule has 0 radical (unpaired) electrons. The minimum absolute atomic E-state index is 0.187. The molecular weight excluding hydrogens is 413 g/mol. The monoisotopic (exact) mass is 429 g/mol. The molecule has 1 atom stereocenters. The second-order valence-electron chi connectivity index (χ2n) is 5.57. The Morgan fingerprint density at radius 2 is 2.09 bits per heavy atom. The number of hydrogen-bond donors (Lipinski definition) is 1. The summed E-state index contributed by atoms with van der Waals surface area (Å²) in [5, 5.41) is 10.3. The van der Waals surface area contributed by atoms with Crippen LogP contribution < -0.4 is 0 Å². The van der Waals surface area contributed by atoms with Crippen molar-refractivity contribution in [3.63, 3.8) is 0 Å². The highest BCUT2D eigenvalue weighted by Gasteiger charge is 2.39. The molecule has 116 valence electrons. The van der Waals surface area contributed by atoms with Gasteiger partial charge in [-0.1, -0.05) is 36.4 Å². The lowest BCUT2D eigenvalue weighted by molar-refractivity contribution is 0.283. The lowest BCUT2D eigenvalue weighted by Crippen LogP contribution is -2.38. The zero-order chi connectivity index (χ0) is 16.0. The predicted octanol–water partition coefficient (Wildman–Crippen LogP) is 3.35. The van der Waals surface area contributed by atoms with E-state index < -0.39 is 14.8 Å². The summed E-state index contributed by atoms with van der Waals surface area (Å²) in [5.41, 5.74) is 1.22. The Balaban J connectivity index is 2.21. The zero-order valence-corrected chi connectivity index (χ0v) is 15.0. The number of nitrogens with zero attached hydrogens (tertiary/aromatic N) is 1. The molecule has 3 rings (SSSR count). The molecule has 0 saturated carbocycles. The third-order valence-electron chi connectivity index (χ3n) is 4.08. The summed E-state index contributed by atoms with van der Waals surface area (Å²) in [5.74, 6) is 0. The fourth-order valence-corrected chi connectivity index (χ4v) is 4.72. The van der Waals surface area contributed by atoms with Crippen LogP contribution in [0.4, 0.5) is 0 Å². The van der Waals surface area contributed by atoms with Crippen LogP contribution in [0.3, 0.4) is 0 Å². The van der Waals surface area contributed by atoms with Crippen LogP contribution in [0.5, 0.6) is 0 Å². The maximum atomic E-state index is 13.2. The van der Waals surface area contributed by atoms with Gasteiger partial charge in [-0.15, -0.1) is 0 Å². The fourth-order valence-electron chi connectivity index (χ4n) is 2.65. The molecule has 0 spiro atoms. The summed E-state index contributed by atoms with van der Waals surface area (Å²) in [6, 6.07) is 7.24. The first-order valence-corrected chi connectivity index (χ1v) is 9.41. The minimum atomic E-state index is -3.63. The number of rotatable bonds is 3. The molecule has 0 bridgehead atoms. The van der Waals surface area contributed by atoms with Gasteiger partial charge in [0.2, 0.25) is 10.0 Å². The van der Waals surface area contributed by atoms with Crippen LogP contribution in [0.2, 0.25) is 0 Å². The molecule has 1 heterocycles. The standard InChI is InChI=1S/C16H16INO3S/c1-16(8-6-13(17)7-9-16)22(20,21)18-10-12(11-19)14-4-2-3-5-15(14)18/h2-8,10,19H,9,11H2,1H3. The van der Waals surface area contributed by atoms with E-state index in [1.165, 1.54) is 10.2 Å². The van der Waals surface area contributed by atoms with Crippen molar-refractivity contribution in [3.8, 4) is 0 Å². The van der Waals surface area contributed by atoms with Crippen molar-refractivity contribution in [3.05, 3.63) is 57.8 Å². The van der Waals surface area contributed by atoms with Crippen molar-refractivity contribution in [1.29, 1.82) is 0 Å². The van der Waals surface area contributed by atoms with Crippen molar-refractivity contribution in [2.45, 2.75) is 24.7 Å². The molecule has 1 aromatic heterocycles. The quantitative estimate of drug-likeness (QED) is 0.762. The first-order chi connectivity index (χ1) is 10.4. The highest BCUT2D eigenvalue weighted by Crippen LogP contribution is 2.34. The Bertz CT molecular complexity index is 895. The third-order valence-corrected chi connectivity index (χ3v) is 7.18. The van der Waals surface area contributed by atoms with E-state index in [1.807, 2.05) is 24.3 Å². The van der Waals surface area contributed by atoms with Gasteiger partial charge in [0.1, 0.15) is 4.75 Å². The van der Waals surface area contributed by atoms with Crippen LogP contribution in [-0.4, -0.2) is 22.2 Å². The fraction of sp³-hybridized carbons (Fsp3) is 0.250. The molecule has 0 amide bonds. The highest BCUT2D eigenvalue weighted by atomic mass is 127. The maximum Gasteiger partial charge on any atom is 0.248 e. The number of halogens is 1. The van der Waals surface area contributed by atoms with Crippen LogP contribution in [0.1, 0.15) is 18.9 Å². The van der Waals surface area contributed by atoms with Gasteiger partial charge in [-0.25, -0.2) is 12.4 Å². The molecule has 0 aliphatic heterocycles. The number of aliphatic hydroxyl groups excluding tert-OH is 1. The van der Waals surface area contributed by atoms with Gasteiger partial charge in [0.15, 0.2) is 0 Å². The van der Waals surface area contributed by atoms with Crippen LogP contribution in [0.25, 0.3) is 10.9 Å². The van der Waals surface area contributed by atoms with Crippen LogP contribution >= 0.6 is 22.6 Å². The van der Waals surface area contributed by atoms with E-state index in [0.29, 0.717) is 17.5 Å². The summed E-state index contributed by atoms with van der Waals surface area (Å²) in [6.07, 6.45) is 7.47. The molecule has 1 aliphatic rings. The molecule has 1 aromatic carbocycles. The SMILES string of the molecule is CC1(S(=O)(=O)n2cc(CO)c3ccccc32)C=CC(I)=CC1. The summed E-state index contributed by atoms with van der Waals surface area (Å²) < 4.78 is 27.7. The first kappa shape index (κ1) is 15.8. The van der Waals surface area contributed by atoms with Gasteiger partial charge in [-0.2, -0.15) is 0 Å². The molecule has 0 fully saturated rings. The number of fused-ring (bicyclic) bond motifs is 1. The number of benzene rings is 1. The van der Waals surface area contributed by atoms with E-state index >= 15 is 0 Å². The van der Waals surface area contributed by atoms with Crippen LogP contribution in [0, 0.1) is 0 Å². The van der Waals surface area contributed by atoms with Gasteiger partial charge >= 0.3 is 0 Å². The third kappa shape index (κ3) is 2.33. The maximum absolute atomic E-state index is 13.2. The topological polar surface area (TPSA) is 59.3 Å². The van der Waals surface area contributed by atoms with E-state index in [-0.39, 0.29) is 6.61 Å². The average molecular weight is 429 g/mol. The molecule has 2 aromatic rings. The molecule has 1 aliphatic carbocycles.